The molecule has 1 saturated heterocycles. The Bertz CT molecular complexity index is 699. The van der Waals surface area contributed by atoms with Crippen molar-refractivity contribution >= 4 is 16.4 Å². The number of amides is 1. The summed E-state index contributed by atoms with van der Waals surface area (Å²) < 4.78 is 60.7. The summed E-state index contributed by atoms with van der Waals surface area (Å²) in [6, 6.07) is 1.24. The van der Waals surface area contributed by atoms with Crippen molar-refractivity contribution in [2.75, 3.05) is 6.61 Å². The summed E-state index contributed by atoms with van der Waals surface area (Å²) >= 11 is 0. The van der Waals surface area contributed by atoms with Gasteiger partial charge >= 0.3 is 16.4 Å². The second-order valence-electron chi connectivity index (χ2n) is 5.70. The van der Waals surface area contributed by atoms with Gasteiger partial charge in [0, 0.05) is 5.56 Å². The van der Waals surface area contributed by atoms with Gasteiger partial charge in [-0.15, -0.1) is 0 Å². The van der Waals surface area contributed by atoms with Gasteiger partial charge in [0.25, 0.3) is 0 Å². The van der Waals surface area contributed by atoms with Gasteiger partial charge in [0.1, 0.15) is 23.3 Å². The molecule has 0 radical (unpaired) electrons. The molecule has 1 aliphatic rings. The summed E-state index contributed by atoms with van der Waals surface area (Å²) in [6.07, 6.45) is -1.21. The minimum atomic E-state index is -4.42. The van der Waals surface area contributed by atoms with Crippen molar-refractivity contribution < 1.29 is 30.9 Å². The zero-order valence-electron chi connectivity index (χ0n) is 12.2. The van der Waals surface area contributed by atoms with E-state index in [9.17, 15) is 22.0 Å². The molecular weight excluding hydrogens is 320 g/mol. The van der Waals surface area contributed by atoms with Gasteiger partial charge in [-0.3, -0.25) is 4.18 Å². The summed E-state index contributed by atoms with van der Waals surface area (Å²) in [4.78, 5) is 12.1. The fourth-order valence-corrected chi connectivity index (χ4v) is 3.06. The first-order valence-corrected chi connectivity index (χ1v) is 7.74. The van der Waals surface area contributed by atoms with Crippen LogP contribution in [0.5, 0.6) is 0 Å². The molecule has 9 heteroatoms. The Morgan fingerprint density at radius 2 is 2.00 bits per heavy atom. The molecule has 1 atom stereocenters. The standard InChI is InChI=1S/C13H15F2NO5S/c1-13(2,3)21-12(17)16-11(7-20-22(16,18)19)9-6-8(14)4-5-10(9)15/h4-6,11H,7H2,1-3H3/t11-/m1/s1. The lowest BCUT2D eigenvalue weighted by Gasteiger charge is -2.26. The summed E-state index contributed by atoms with van der Waals surface area (Å²) in [5, 5.41) is 0. The fourth-order valence-electron chi connectivity index (χ4n) is 1.94. The third-order valence-electron chi connectivity index (χ3n) is 2.79. The van der Waals surface area contributed by atoms with Crippen LogP contribution in [0.2, 0.25) is 0 Å². The summed E-state index contributed by atoms with van der Waals surface area (Å²) in [5.41, 5.74) is -1.26. The van der Waals surface area contributed by atoms with Crippen LogP contribution in [-0.2, 0) is 19.2 Å². The molecule has 1 amide bonds. The number of halogens is 2. The highest BCUT2D eigenvalue weighted by atomic mass is 32.2. The van der Waals surface area contributed by atoms with Crippen molar-refractivity contribution in [3.8, 4) is 0 Å². The average molecular weight is 335 g/mol. The number of carbonyl (C=O) groups is 1. The molecule has 1 aliphatic heterocycles. The van der Waals surface area contributed by atoms with E-state index in [1.54, 1.807) is 20.8 Å². The van der Waals surface area contributed by atoms with Crippen molar-refractivity contribution in [2.24, 2.45) is 0 Å². The van der Waals surface area contributed by atoms with Gasteiger partial charge in [0.15, 0.2) is 0 Å². The number of benzene rings is 1. The number of ether oxygens (including phenoxy) is 1. The van der Waals surface area contributed by atoms with E-state index in [-0.39, 0.29) is 9.87 Å². The van der Waals surface area contributed by atoms with Gasteiger partial charge < -0.3 is 4.74 Å². The molecule has 122 valence electrons. The number of rotatable bonds is 1. The summed E-state index contributed by atoms with van der Waals surface area (Å²) in [7, 11) is -4.42. The monoisotopic (exact) mass is 335 g/mol. The van der Waals surface area contributed by atoms with Gasteiger partial charge in [-0.2, -0.15) is 12.7 Å². The normalized spacial score (nSPS) is 21.0. The molecule has 22 heavy (non-hydrogen) atoms. The second-order valence-corrected chi connectivity index (χ2v) is 7.18. The van der Waals surface area contributed by atoms with Crippen LogP contribution < -0.4 is 0 Å². The maximum Gasteiger partial charge on any atom is 0.426 e. The Hall–Kier alpha value is -1.74. The molecule has 0 saturated carbocycles. The Kier molecular flexibility index (Phi) is 4.14. The zero-order chi connectivity index (χ0) is 16.7. The molecule has 1 fully saturated rings. The predicted molar refractivity (Wildman–Crippen MR) is 72.0 cm³/mol. The van der Waals surface area contributed by atoms with Crippen molar-refractivity contribution in [3.05, 3.63) is 35.4 Å². The minimum absolute atomic E-state index is 0.288. The topological polar surface area (TPSA) is 72.9 Å². The third-order valence-corrected chi connectivity index (χ3v) is 4.11. The number of nitrogens with zero attached hydrogens (tertiary/aromatic N) is 1. The van der Waals surface area contributed by atoms with Crippen molar-refractivity contribution in [1.29, 1.82) is 0 Å². The molecule has 1 aromatic rings. The highest BCUT2D eigenvalue weighted by molar-refractivity contribution is 7.85. The van der Waals surface area contributed by atoms with Crippen molar-refractivity contribution in [3.63, 3.8) is 0 Å². The van der Waals surface area contributed by atoms with E-state index in [1.807, 2.05) is 0 Å². The van der Waals surface area contributed by atoms with E-state index in [4.69, 9.17) is 4.74 Å². The van der Waals surface area contributed by atoms with Crippen LogP contribution in [0.3, 0.4) is 0 Å². The van der Waals surface area contributed by atoms with Crippen LogP contribution in [0.25, 0.3) is 0 Å². The molecule has 1 aromatic carbocycles. The summed E-state index contributed by atoms with van der Waals surface area (Å²) in [6.45, 7) is 4.13. The Morgan fingerprint density at radius 3 is 2.59 bits per heavy atom. The van der Waals surface area contributed by atoms with E-state index < -0.39 is 46.3 Å². The number of hydrogen-bond acceptors (Lipinski definition) is 5. The van der Waals surface area contributed by atoms with Gasteiger partial charge in [0.05, 0.1) is 6.61 Å². The quantitative estimate of drug-likeness (QED) is 0.788. The highest BCUT2D eigenvalue weighted by Crippen LogP contribution is 2.34. The lowest BCUT2D eigenvalue weighted by atomic mass is 10.1. The van der Waals surface area contributed by atoms with Gasteiger partial charge in [0.2, 0.25) is 0 Å². The van der Waals surface area contributed by atoms with E-state index in [0.29, 0.717) is 0 Å². The maximum atomic E-state index is 13.9. The smallest absolute Gasteiger partial charge is 0.426 e. The maximum absolute atomic E-state index is 13.9. The van der Waals surface area contributed by atoms with Gasteiger partial charge in [-0.25, -0.2) is 13.6 Å². The first-order valence-electron chi connectivity index (χ1n) is 6.38. The van der Waals surface area contributed by atoms with Crippen molar-refractivity contribution in [2.45, 2.75) is 32.4 Å². The molecule has 0 aromatic heterocycles. The van der Waals surface area contributed by atoms with Crippen LogP contribution in [0.1, 0.15) is 32.4 Å². The Labute approximate surface area is 126 Å². The molecule has 6 nitrogen and oxygen atoms in total. The van der Waals surface area contributed by atoms with Crippen LogP contribution in [0, 0.1) is 11.6 Å². The van der Waals surface area contributed by atoms with Crippen LogP contribution in [0.4, 0.5) is 13.6 Å². The average Bonchev–Trinajstić information content (AvgIpc) is 2.66. The highest BCUT2D eigenvalue weighted by Gasteiger charge is 2.46. The molecule has 2 rings (SSSR count). The van der Waals surface area contributed by atoms with E-state index in [1.165, 1.54) is 0 Å². The first-order chi connectivity index (χ1) is 10.0. The minimum Gasteiger partial charge on any atom is -0.443 e. The fraction of sp³-hybridized carbons (Fsp3) is 0.462. The SMILES string of the molecule is CC(C)(C)OC(=O)N1[C@@H](c2cc(F)ccc2F)COS1(=O)=O. The molecule has 0 N–H and O–H groups in total. The van der Waals surface area contributed by atoms with Gasteiger partial charge in [-0.05, 0) is 39.0 Å². The lowest BCUT2D eigenvalue weighted by Crippen LogP contribution is -2.39. The van der Waals surface area contributed by atoms with Crippen LogP contribution >= 0.6 is 0 Å². The largest absolute Gasteiger partial charge is 0.443 e. The Morgan fingerprint density at radius 1 is 1.36 bits per heavy atom. The third kappa shape index (κ3) is 3.36. The van der Waals surface area contributed by atoms with Crippen LogP contribution in [-0.4, -0.2) is 31.0 Å². The second kappa shape index (κ2) is 5.47. The molecular formula is C13H15F2NO5S. The molecule has 1 heterocycles. The summed E-state index contributed by atoms with van der Waals surface area (Å²) in [5.74, 6) is -1.61. The number of carbonyl (C=O) groups excluding carboxylic acids is 1. The molecule has 0 unspecified atom stereocenters. The van der Waals surface area contributed by atoms with E-state index in [0.717, 1.165) is 18.2 Å². The lowest BCUT2D eigenvalue weighted by molar-refractivity contribution is 0.0354. The zero-order valence-corrected chi connectivity index (χ0v) is 13.0. The van der Waals surface area contributed by atoms with E-state index >= 15 is 0 Å². The Balaban J connectivity index is 2.43. The number of hydrogen-bond donors (Lipinski definition) is 0. The van der Waals surface area contributed by atoms with Crippen LogP contribution in [0.15, 0.2) is 18.2 Å². The molecule has 0 bridgehead atoms. The predicted octanol–water partition coefficient (Wildman–Crippen LogP) is 2.52. The van der Waals surface area contributed by atoms with E-state index in [2.05, 4.69) is 4.18 Å². The molecule has 0 aliphatic carbocycles. The van der Waals surface area contributed by atoms with Crippen molar-refractivity contribution in [1.82, 2.24) is 4.31 Å². The van der Waals surface area contributed by atoms with Gasteiger partial charge in [-0.1, -0.05) is 0 Å². The molecule has 0 spiro atoms. The first kappa shape index (κ1) is 16.6.